The van der Waals surface area contributed by atoms with Crippen LogP contribution in [0.15, 0.2) is 18.2 Å². The zero-order chi connectivity index (χ0) is 20.6. The van der Waals surface area contributed by atoms with E-state index in [2.05, 4.69) is 28.8 Å². The van der Waals surface area contributed by atoms with E-state index in [1.54, 1.807) is 6.07 Å². The lowest BCUT2D eigenvalue weighted by molar-refractivity contribution is -0.137. The first-order valence-electron chi connectivity index (χ1n) is 10.7. The van der Waals surface area contributed by atoms with Crippen molar-refractivity contribution >= 4 is 5.91 Å². The van der Waals surface area contributed by atoms with Gasteiger partial charge in [0, 0.05) is 39.3 Å². The molecule has 1 atom stereocenters. The molecule has 7 heteroatoms. The topological polar surface area (TPSA) is 30.0 Å². The lowest BCUT2D eigenvalue weighted by Gasteiger charge is -2.39. The SMILES string of the molecule is CN1CCN(C(=O)C2CC3(CCN(Cc4ccc(F)c(F)c4)CC3)CN2C)CC1. The Bertz CT molecular complexity index is 742. The van der Waals surface area contributed by atoms with Crippen LogP contribution in [0.2, 0.25) is 0 Å². The zero-order valence-electron chi connectivity index (χ0n) is 17.5. The number of piperidine rings is 1. The Balaban J connectivity index is 1.32. The molecule has 1 spiro atoms. The molecule has 160 valence electrons. The summed E-state index contributed by atoms with van der Waals surface area (Å²) in [5, 5.41) is 0. The normalized spacial score (nSPS) is 26.3. The van der Waals surface area contributed by atoms with Crippen LogP contribution in [-0.2, 0) is 11.3 Å². The van der Waals surface area contributed by atoms with Crippen LogP contribution in [0.1, 0.15) is 24.8 Å². The second kappa shape index (κ2) is 8.28. The molecule has 0 radical (unpaired) electrons. The number of halogens is 2. The number of hydrogen-bond acceptors (Lipinski definition) is 4. The van der Waals surface area contributed by atoms with Crippen LogP contribution in [0.3, 0.4) is 0 Å². The molecule has 3 fully saturated rings. The molecule has 0 bridgehead atoms. The van der Waals surface area contributed by atoms with E-state index < -0.39 is 11.6 Å². The number of benzene rings is 1. The van der Waals surface area contributed by atoms with Gasteiger partial charge in [0.05, 0.1) is 6.04 Å². The van der Waals surface area contributed by atoms with Crippen LogP contribution >= 0.6 is 0 Å². The molecule has 1 aromatic carbocycles. The summed E-state index contributed by atoms with van der Waals surface area (Å²) in [6.07, 6.45) is 3.04. The number of rotatable bonds is 3. The average Bonchev–Trinajstić information content (AvgIpc) is 3.03. The van der Waals surface area contributed by atoms with Crippen LogP contribution in [0, 0.1) is 17.0 Å². The fourth-order valence-electron chi connectivity index (χ4n) is 5.23. The van der Waals surface area contributed by atoms with Gasteiger partial charge in [-0.1, -0.05) is 6.07 Å². The highest BCUT2D eigenvalue weighted by molar-refractivity contribution is 5.82. The quantitative estimate of drug-likeness (QED) is 0.769. The van der Waals surface area contributed by atoms with Crippen molar-refractivity contribution in [3.63, 3.8) is 0 Å². The van der Waals surface area contributed by atoms with E-state index in [1.165, 1.54) is 12.1 Å². The van der Waals surface area contributed by atoms with Gasteiger partial charge in [0.2, 0.25) is 5.91 Å². The summed E-state index contributed by atoms with van der Waals surface area (Å²) < 4.78 is 26.6. The molecule has 3 aliphatic rings. The molecule has 0 aromatic heterocycles. The largest absolute Gasteiger partial charge is 0.339 e. The highest BCUT2D eigenvalue weighted by Crippen LogP contribution is 2.43. The first kappa shape index (κ1) is 20.7. The summed E-state index contributed by atoms with van der Waals surface area (Å²) in [5.41, 5.74) is 1.01. The Hall–Kier alpha value is -1.57. The fraction of sp³-hybridized carbons (Fsp3) is 0.682. The summed E-state index contributed by atoms with van der Waals surface area (Å²) >= 11 is 0. The van der Waals surface area contributed by atoms with Gasteiger partial charge in [-0.2, -0.15) is 0 Å². The molecule has 3 heterocycles. The number of amides is 1. The van der Waals surface area contributed by atoms with Crippen LogP contribution in [0.25, 0.3) is 0 Å². The molecule has 0 saturated carbocycles. The number of likely N-dealkylation sites (tertiary alicyclic amines) is 2. The van der Waals surface area contributed by atoms with Crippen LogP contribution < -0.4 is 0 Å². The van der Waals surface area contributed by atoms with E-state index >= 15 is 0 Å². The lowest BCUT2D eigenvalue weighted by atomic mass is 9.76. The molecular weight excluding hydrogens is 374 g/mol. The van der Waals surface area contributed by atoms with Gasteiger partial charge in [-0.05, 0) is 69.6 Å². The van der Waals surface area contributed by atoms with Crippen molar-refractivity contribution in [3.8, 4) is 0 Å². The van der Waals surface area contributed by atoms with Crippen molar-refractivity contribution in [2.75, 3.05) is 59.9 Å². The van der Waals surface area contributed by atoms with Crippen molar-refractivity contribution in [1.29, 1.82) is 0 Å². The third kappa shape index (κ3) is 4.47. The summed E-state index contributed by atoms with van der Waals surface area (Å²) in [5.74, 6) is -1.28. The molecule has 1 unspecified atom stereocenters. The monoisotopic (exact) mass is 406 g/mol. The molecular formula is C22H32F2N4O. The molecule has 3 aliphatic heterocycles. The first-order valence-corrected chi connectivity index (χ1v) is 10.7. The van der Waals surface area contributed by atoms with Gasteiger partial charge in [-0.15, -0.1) is 0 Å². The number of piperazine rings is 1. The minimum absolute atomic E-state index is 0.00356. The molecule has 3 saturated heterocycles. The zero-order valence-corrected chi connectivity index (χ0v) is 17.5. The van der Waals surface area contributed by atoms with E-state index in [0.29, 0.717) is 12.5 Å². The number of likely N-dealkylation sites (N-methyl/N-ethyl adjacent to an activating group) is 2. The minimum atomic E-state index is -0.795. The minimum Gasteiger partial charge on any atom is -0.339 e. The number of carbonyl (C=O) groups excluding carboxylic acids is 1. The van der Waals surface area contributed by atoms with Crippen LogP contribution in [0.4, 0.5) is 8.78 Å². The predicted molar refractivity (Wildman–Crippen MR) is 108 cm³/mol. The Kier molecular flexibility index (Phi) is 5.91. The van der Waals surface area contributed by atoms with E-state index in [9.17, 15) is 13.6 Å². The summed E-state index contributed by atoms with van der Waals surface area (Å²) in [7, 11) is 4.19. The molecule has 5 nitrogen and oxygen atoms in total. The highest BCUT2D eigenvalue weighted by Gasteiger charge is 2.47. The second-order valence-electron chi connectivity index (χ2n) is 9.29. The van der Waals surface area contributed by atoms with Gasteiger partial charge in [-0.25, -0.2) is 8.78 Å². The Labute approximate surface area is 172 Å². The Morgan fingerprint density at radius 2 is 1.72 bits per heavy atom. The maximum Gasteiger partial charge on any atom is 0.240 e. The molecule has 4 rings (SSSR count). The Morgan fingerprint density at radius 3 is 2.38 bits per heavy atom. The fourth-order valence-corrected chi connectivity index (χ4v) is 5.23. The summed E-state index contributed by atoms with van der Waals surface area (Å²) in [6.45, 7) is 7.04. The third-order valence-corrected chi connectivity index (χ3v) is 7.15. The van der Waals surface area contributed by atoms with E-state index in [0.717, 1.165) is 70.6 Å². The van der Waals surface area contributed by atoms with E-state index in [1.807, 2.05) is 4.90 Å². The highest BCUT2D eigenvalue weighted by atomic mass is 19.2. The van der Waals surface area contributed by atoms with E-state index in [-0.39, 0.29) is 11.5 Å². The molecule has 0 N–H and O–H groups in total. The van der Waals surface area contributed by atoms with Crippen LogP contribution in [0.5, 0.6) is 0 Å². The summed E-state index contributed by atoms with van der Waals surface area (Å²) in [4.78, 5) is 22.0. The first-order chi connectivity index (χ1) is 13.8. The third-order valence-electron chi connectivity index (χ3n) is 7.15. The Morgan fingerprint density at radius 1 is 1.03 bits per heavy atom. The maximum absolute atomic E-state index is 13.5. The van der Waals surface area contributed by atoms with Crippen molar-refractivity contribution in [2.24, 2.45) is 5.41 Å². The van der Waals surface area contributed by atoms with Crippen molar-refractivity contribution in [2.45, 2.75) is 31.8 Å². The van der Waals surface area contributed by atoms with E-state index in [4.69, 9.17) is 0 Å². The smallest absolute Gasteiger partial charge is 0.240 e. The average molecular weight is 407 g/mol. The van der Waals surface area contributed by atoms with Crippen LogP contribution in [-0.4, -0.2) is 91.5 Å². The van der Waals surface area contributed by atoms with Gasteiger partial charge in [0.15, 0.2) is 11.6 Å². The molecule has 0 aliphatic carbocycles. The number of hydrogen-bond donors (Lipinski definition) is 0. The molecule has 1 aromatic rings. The molecule has 1 amide bonds. The van der Waals surface area contributed by atoms with Crippen molar-refractivity contribution in [3.05, 3.63) is 35.4 Å². The molecule has 29 heavy (non-hydrogen) atoms. The second-order valence-corrected chi connectivity index (χ2v) is 9.29. The maximum atomic E-state index is 13.5. The van der Waals surface area contributed by atoms with Crippen molar-refractivity contribution < 1.29 is 13.6 Å². The predicted octanol–water partition coefficient (Wildman–Crippen LogP) is 2.03. The van der Waals surface area contributed by atoms with Gasteiger partial charge in [0.1, 0.15) is 0 Å². The van der Waals surface area contributed by atoms with Crippen molar-refractivity contribution in [1.82, 2.24) is 19.6 Å². The van der Waals surface area contributed by atoms with Gasteiger partial charge < -0.3 is 9.80 Å². The standard InChI is InChI=1S/C22H32F2N4O/c1-25-9-11-28(12-10-25)21(29)20-14-22(16-26(20)2)5-7-27(8-6-22)15-17-3-4-18(23)19(24)13-17/h3-4,13,20H,5-12,14-16H2,1-2H3. The number of carbonyl (C=O) groups is 1. The number of nitrogens with zero attached hydrogens (tertiary/aromatic N) is 4. The lowest BCUT2D eigenvalue weighted by Crippen LogP contribution is -2.52. The van der Waals surface area contributed by atoms with Gasteiger partial charge >= 0.3 is 0 Å². The van der Waals surface area contributed by atoms with Gasteiger partial charge in [-0.3, -0.25) is 14.6 Å². The summed E-state index contributed by atoms with van der Waals surface area (Å²) in [6, 6.07) is 4.16. The van der Waals surface area contributed by atoms with Gasteiger partial charge in [0.25, 0.3) is 0 Å².